The van der Waals surface area contributed by atoms with E-state index in [9.17, 15) is 22.8 Å². The van der Waals surface area contributed by atoms with E-state index in [2.05, 4.69) is 0 Å². The van der Waals surface area contributed by atoms with Gasteiger partial charge in [0.05, 0.1) is 12.1 Å². The molecule has 4 nitrogen and oxygen atoms in total. The highest BCUT2D eigenvalue weighted by Crippen LogP contribution is 2.31. The predicted octanol–water partition coefficient (Wildman–Crippen LogP) is 2.75. The van der Waals surface area contributed by atoms with Gasteiger partial charge in [0, 0.05) is 27.6 Å². The highest BCUT2D eigenvalue weighted by Gasteiger charge is 2.31. The van der Waals surface area contributed by atoms with Gasteiger partial charge in [0.25, 0.3) is 0 Å². The number of amides is 2. The van der Waals surface area contributed by atoms with Crippen molar-refractivity contribution in [3.05, 3.63) is 35.4 Å². The van der Waals surface area contributed by atoms with Crippen molar-refractivity contribution in [3.8, 4) is 0 Å². The Bertz CT molecular complexity index is 571. The van der Waals surface area contributed by atoms with E-state index >= 15 is 0 Å². The number of carbonyl (C=O) groups excluding carboxylic acids is 2. The van der Waals surface area contributed by atoms with Crippen LogP contribution < -0.4 is 0 Å². The Labute approximate surface area is 133 Å². The van der Waals surface area contributed by atoms with Crippen LogP contribution in [0, 0.1) is 0 Å². The Morgan fingerprint density at radius 1 is 1.13 bits per heavy atom. The molecule has 128 valence electrons. The van der Waals surface area contributed by atoms with Crippen LogP contribution in [0.5, 0.6) is 0 Å². The van der Waals surface area contributed by atoms with Gasteiger partial charge in [-0.25, -0.2) is 0 Å². The monoisotopic (exact) mass is 330 g/mol. The number of halogens is 3. The fourth-order valence-electron chi connectivity index (χ4n) is 1.99. The van der Waals surface area contributed by atoms with Gasteiger partial charge in [0.1, 0.15) is 0 Å². The molecule has 1 aromatic rings. The van der Waals surface area contributed by atoms with Gasteiger partial charge in [0.15, 0.2) is 0 Å². The summed E-state index contributed by atoms with van der Waals surface area (Å²) < 4.78 is 38.2. The minimum Gasteiger partial charge on any atom is -0.347 e. The van der Waals surface area contributed by atoms with Crippen LogP contribution in [-0.4, -0.2) is 49.3 Å². The summed E-state index contributed by atoms with van der Waals surface area (Å²) in [6, 6.07) is 4.96. The second kappa shape index (κ2) is 7.48. The molecule has 0 saturated carbocycles. The van der Waals surface area contributed by atoms with E-state index < -0.39 is 11.7 Å². The third-order valence-corrected chi connectivity index (χ3v) is 3.56. The minimum atomic E-state index is -4.41. The van der Waals surface area contributed by atoms with Gasteiger partial charge in [-0.1, -0.05) is 25.1 Å². The number of rotatable bonds is 5. The Hall–Kier alpha value is -2.05. The number of likely N-dealkylation sites (N-methyl/N-ethyl adjacent to an activating group) is 2. The van der Waals surface area contributed by atoms with E-state index in [1.54, 1.807) is 27.1 Å². The summed E-state index contributed by atoms with van der Waals surface area (Å²) in [6.45, 7) is 1.64. The second-order valence-corrected chi connectivity index (χ2v) is 5.77. The van der Waals surface area contributed by atoms with Gasteiger partial charge < -0.3 is 9.80 Å². The molecule has 0 radical (unpaired) electrons. The average molecular weight is 330 g/mol. The smallest absolute Gasteiger partial charge is 0.347 e. The maximum Gasteiger partial charge on any atom is 0.416 e. The van der Waals surface area contributed by atoms with E-state index in [-0.39, 0.29) is 30.7 Å². The van der Waals surface area contributed by atoms with Crippen LogP contribution in [-0.2, 0) is 15.8 Å². The minimum absolute atomic E-state index is 0.0402. The molecule has 2 amide bonds. The molecule has 1 rings (SSSR count). The molecule has 1 unspecified atom stereocenters. The summed E-state index contributed by atoms with van der Waals surface area (Å²) in [5.74, 6) is -0.876. The topological polar surface area (TPSA) is 40.6 Å². The molecule has 0 aliphatic carbocycles. The normalized spacial score (nSPS) is 12.7. The molecular formula is C16H21F3N2O2. The lowest BCUT2D eigenvalue weighted by molar-refractivity contribution is -0.138. The van der Waals surface area contributed by atoms with Crippen LogP contribution in [0.15, 0.2) is 24.3 Å². The van der Waals surface area contributed by atoms with Crippen molar-refractivity contribution >= 4 is 11.8 Å². The van der Waals surface area contributed by atoms with Crippen molar-refractivity contribution in [2.45, 2.75) is 25.4 Å². The lowest BCUT2D eigenvalue weighted by Gasteiger charge is -2.21. The summed E-state index contributed by atoms with van der Waals surface area (Å²) in [5, 5.41) is 0. The highest BCUT2D eigenvalue weighted by atomic mass is 19.4. The number of alkyl halides is 3. The van der Waals surface area contributed by atoms with Gasteiger partial charge in [0.2, 0.25) is 11.8 Å². The zero-order valence-electron chi connectivity index (χ0n) is 13.6. The predicted molar refractivity (Wildman–Crippen MR) is 80.8 cm³/mol. The van der Waals surface area contributed by atoms with E-state index in [4.69, 9.17) is 0 Å². The summed E-state index contributed by atoms with van der Waals surface area (Å²) in [4.78, 5) is 26.3. The first kappa shape index (κ1) is 19.0. The van der Waals surface area contributed by atoms with Crippen LogP contribution in [0.1, 0.15) is 30.4 Å². The highest BCUT2D eigenvalue weighted by molar-refractivity contribution is 5.84. The quantitative estimate of drug-likeness (QED) is 0.833. The first-order chi connectivity index (χ1) is 10.5. The third-order valence-electron chi connectivity index (χ3n) is 3.56. The van der Waals surface area contributed by atoms with E-state index in [1.807, 2.05) is 0 Å². The molecule has 0 aliphatic rings. The van der Waals surface area contributed by atoms with Crippen LogP contribution in [0.4, 0.5) is 13.2 Å². The standard InChI is InChI=1S/C16H21F3N2O2/c1-11(8-14(22)21(4)10-15(23)20(2)3)12-6-5-7-13(9-12)16(17,18)19/h5-7,9,11H,8,10H2,1-4H3. The number of hydrogen-bond acceptors (Lipinski definition) is 2. The molecular weight excluding hydrogens is 309 g/mol. The Morgan fingerprint density at radius 2 is 1.74 bits per heavy atom. The van der Waals surface area contributed by atoms with Crippen molar-refractivity contribution in [1.82, 2.24) is 9.80 Å². The number of benzene rings is 1. The molecule has 0 fully saturated rings. The zero-order chi connectivity index (χ0) is 17.8. The van der Waals surface area contributed by atoms with Gasteiger partial charge in [-0.3, -0.25) is 9.59 Å². The van der Waals surface area contributed by atoms with Crippen LogP contribution in [0.2, 0.25) is 0 Å². The molecule has 7 heteroatoms. The van der Waals surface area contributed by atoms with Gasteiger partial charge in [-0.05, 0) is 17.5 Å². The number of carbonyl (C=O) groups is 2. The molecule has 1 atom stereocenters. The summed E-state index contributed by atoms with van der Waals surface area (Å²) in [6.07, 6.45) is -4.37. The summed E-state index contributed by atoms with van der Waals surface area (Å²) in [7, 11) is 4.68. The van der Waals surface area contributed by atoms with Crippen LogP contribution >= 0.6 is 0 Å². The maximum absolute atomic E-state index is 12.7. The molecule has 1 aromatic carbocycles. The fourth-order valence-corrected chi connectivity index (χ4v) is 1.99. The molecule has 0 bridgehead atoms. The zero-order valence-corrected chi connectivity index (χ0v) is 13.6. The van der Waals surface area contributed by atoms with Crippen molar-refractivity contribution in [1.29, 1.82) is 0 Å². The van der Waals surface area contributed by atoms with Crippen molar-refractivity contribution < 1.29 is 22.8 Å². The Balaban J connectivity index is 2.74. The average Bonchev–Trinajstić information content (AvgIpc) is 2.46. The maximum atomic E-state index is 12.7. The van der Waals surface area contributed by atoms with E-state index in [0.29, 0.717) is 5.56 Å². The lowest BCUT2D eigenvalue weighted by Crippen LogP contribution is -2.38. The molecule has 0 spiro atoms. The summed E-state index contributed by atoms with van der Waals surface area (Å²) in [5.41, 5.74) is -0.286. The van der Waals surface area contributed by atoms with Crippen molar-refractivity contribution in [2.24, 2.45) is 0 Å². The molecule has 0 heterocycles. The van der Waals surface area contributed by atoms with Gasteiger partial charge in [-0.2, -0.15) is 13.2 Å². The van der Waals surface area contributed by atoms with Crippen LogP contribution in [0.25, 0.3) is 0 Å². The fraction of sp³-hybridized carbons (Fsp3) is 0.500. The SMILES string of the molecule is CC(CC(=O)N(C)CC(=O)N(C)C)c1cccc(C(F)(F)F)c1. The number of hydrogen-bond donors (Lipinski definition) is 0. The molecule has 0 N–H and O–H groups in total. The first-order valence-corrected chi connectivity index (χ1v) is 7.13. The Morgan fingerprint density at radius 3 is 2.26 bits per heavy atom. The van der Waals surface area contributed by atoms with E-state index in [1.165, 1.54) is 22.9 Å². The molecule has 0 aromatic heterocycles. The number of nitrogens with zero attached hydrogens (tertiary/aromatic N) is 2. The largest absolute Gasteiger partial charge is 0.416 e. The summed E-state index contributed by atoms with van der Waals surface area (Å²) >= 11 is 0. The van der Waals surface area contributed by atoms with Crippen LogP contribution in [0.3, 0.4) is 0 Å². The Kier molecular flexibility index (Phi) is 6.18. The first-order valence-electron chi connectivity index (χ1n) is 7.13. The molecule has 0 saturated heterocycles. The van der Waals surface area contributed by atoms with Crippen molar-refractivity contribution in [2.75, 3.05) is 27.7 Å². The lowest BCUT2D eigenvalue weighted by atomic mass is 9.95. The third kappa shape index (κ3) is 5.58. The van der Waals surface area contributed by atoms with Gasteiger partial charge in [-0.15, -0.1) is 0 Å². The van der Waals surface area contributed by atoms with Crippen molar-refractivity contribution in [3.63, 3.8) is 0 Å². The molecule has 23 heavy (non-hydrogen) atoms. The second-order valence-electron chi connectivity index (χ2n) is 5.77. The molecule has 0 aliphatic heterocycles. The van der Waals surface area contributed by atoms with Gasteiger partial charge >= 0.3 is 6.18 Å². The van der Waals surface area contributed by atoms with E-state index in [0.717, 1.165) is 12.1 Å².